The van der Waals surface area contributed by atoms with Crippen molar-refractivity contribution in [1.29, 1.82) is 0 Å². The highest BCUT2D eigenvalue weighted by molar-refractivity contribution is 7.89. The Morgan fingerprint density at radius 1 is 1.44 bits per heavy atom. The van der Waals surface area contributed by atoms with Crippen molar-refractivity contribution in [1.82, 2.24) is 4.72 Å². The second kappa shape index (κ2) is 5.61. The average molecular weight is 266 g/mol. The van der Waals surface area contributed by atoms with Crippen molar-refractivity contribution in [2.24, 2.45) is 0 Å². The van der Waals surface area contributed by atoms with E-state index in [4.69, 9.17) is 11.6 Å². The quantitative estimate of drug-likeness (QED) is 0.888. The topological polar surface area (TPSA) is 46.2 Å². The van der Waals surface area contributed by atoms with Gasteiger partial charge in [0.2, 0.25) is 10.0 Å². The SMILES string of the molecule is CCCS(=O)(=O)NCc1ccc(F)c(Cl)c1. The van der Waals surface area contributed by atoms with Crippen molar-refractivity contribution in [2.45, 2.75) is 19.9 Å². The third-order valence-electron chi connectivity index (χ3n) is 1.95. The molecule has 0 aliphatic carbocycles. The van der Waals surface area contributed by atoms with E-state index < -0.39 is 15.8 Å². The van der Waals surface area contributed by atoms with Crippen molar-refractivity contribution in [3.63, 3.8) is 0 Å². The van der Waals surface area contributed by atoms with E-state index in [2.05, 4.69) is 4.72 Å². The minimum atomic E-state index is -3.24. The van der Waals surface area contributed by atoms with Gasteiger partial charge in [0, 0.05) is 6.54 Å². The zero-order valence-electron chi connectivity index (χ0n) is 8.83. The van der Waals surface area contributed by atoms with Crippen molar-refractivity contribution in [3.8, 4) is 0 Å². The first-order valence-electron chi connectivity index (χ1n) is 4.86. The third kappa shape index (κ3) is 4.08. The van der Waals surface area contributed by atoms with Gasteiger partial charge in [0.05, 0.1) is 10.8 Å². The summed E-state index contributed by atoms with van der Waals surface area (Å²) >= 11 is 5.57. The number of rotatable bonds is 5. The fraction of sp³-hybridized carbons (Fsp3) is 0.400. The van der Waals surface area contributed by atoms with Crippen LogP contribution in [0.1, 0.15) is 18.9 Å². The number of sulfonamides is 1. The van der Waals surface area contributed by atoms with Gasteiger partial charge in [0.1, 0.15) is 5.82 Å². The molecular weight excluding hydrogens is 253 g/mol. The number of benzene rings is 1. The van der Waals surface area contributed by atoms with Crippen LogP contribution >= 0.6 is 11.6 Å². The number of halogens is 2. The van der Waals surface area contributed by atoms with Gasteiger partial charge in [-0.15, -0.1) is 0 Å². The highest BCUT2D eigenvalue weighted by Crippen LogP contribution is 2.15. The molecule has 1 N–H and O–H groups in total. The maximum atomic E-state index is 12.8. The Morgan fingerprint density at radius 3 is 2.69 bits per heavy atom. The van der Waals surface area contributed by atoms with Crippen LogP contribution in [0.25, 0.3) is 0 Å². The molecule has 0 spiro atoms. The lowest BCUT2D eigenvalue weighted by molar-refractivity contribution is 0.580. The molecule has 16 heavy (non-hydrogen) atoms. The van der Waals surface area contributed by atoms with Gasteiger partial charge in [0.15, 0.2) is 0 Å². The van der Waals surface area contributed by atoms with Gasteiger partial charge < -0.3 is 0 Å². The van der Waals surface area contributed by atoms with E-state index in [0.717, 1.165) is 0 Å². The largest absolute Gasteiger partial charge is 0.212 e. The molecule has 0 saturated carbocycles. The van der Waals surface area contributed by atoms with E-state index in [9.17, 15) is 12.8 Å². The van der Waals surface area contributed by atoms with Crippen LogP contribution in [0.4, 0.5) is 4.39 Å². The summed E-state index contributed by atoms with van der Waals surface area (Å²) in [5.41, 5.74) is 0.631. The number of nitrogens with one attached hydrogen (secondary N) is 1. The highest BCUT2D eigenvalue weighted by Gasteiger charge is 2.08. The van der Waals surface area contributed by atoms with Gasteiger partial charge in [-0.25, -0.2) is 17.5 Å². The molecule has 0 saturated heterocycles. The van der Waals surface area contributed by atoms with E-state index in [1.807, 2.05) is 0 Å². The molecule has 0 unspecified atom stereocenters. The van der Waals surface area contributed by atoms with Crippen LogP contribution in [0.15, 0.2) is 18.2 Å². The fourth-order valence-corrected chi connectivity index (χ4v) is 2.46. The van der Waals surface area contributed by atoms with E-state index in [-0.39, 0.29) is 17.3 Å². The molecule has 0 amide bonds. The second-order valence-electron chi connectivity index (χ2n) is 3.39. The molecule has 90 valence electrons. The maximum absolute atomic E-state index is 12.8. The Hall–Kier alpha value is -0.650. The minimum absolute atomic E-state index is 0.00723. The highest BCUT2D eigenvalue weighted by atomic mass is 35.5. The van der Waals surface area contributed by atoms with E-state index in [1.165, 1.54) is 18.2 Å². The molecule has 0 fully saturated rings. The van der Waals surface area contributed by atoms with Gasteiger partial charge in [-0.1, -0.05) is 24.6 Å². The molecule has 0 radical (unpaired) electrons. The van der Waals surface area contributed by atoms with Crippen LogP contribution in [-0.4, -0.2) is 14.2 Å². The van der Waals surface area contributed by atoms with Gasteiger partial charge >= 0.3 is 0 Å². The zero-order valence-corrected chi connectivity index (χ0v) is 10.4. The monoisotopic (exact) mass is 265 g/mol. The Kier molecular flexibility index (Phi) is 4.70. The van der Waals surface area contributed by atoms with Gasteiger partial charge in [-0.05, 0) is 24.1 Å². The first-order valence-corrected chi connectivity index (χ1v) is 6.89. The summed E-state index contributed by atoms with van der Waals surface area (Å²) in [6, 6.07) is 4.12. The maximum Gasteiger partial charge on any atom is 0.211 e. The Bertz CT molecular complexity index is 462. The predicted octanol–water partition coefficient (Wildman–Crippen LogP) is 2.31. The average Bonchev–Trinajstić information content (AvgIpc) is 2.20. The van der Waals surface area contributed by atoms with Crippen LogP contribution in [0.2, 0.25) is 5.02 Å². The van der Waals surface area contributed by atoms with Crippen molar-refractivity contribution >= 4 is 21.6 Å². The molecule has 1 aromatic carbocycles. The third-order valence-corrected chi connectivity index (χ3v) is 3.77. The Labute approximate surface area is 99.7 Å². The van der Waals surface area contributed by atoms with Crippen molar-refractivity contribution in [3.05, 3.63) is 34.6 Å². The summed E-state index contributed by atoms with van der Waals surface area (Å²) in [5, 5.41) is -0.00723. The normalized spacial score (nSPS) is 11.7. The van der Waals surface area contributed by atoms with Crippen LogP contribution in [0.3, 0.4) is 0 Å². The second-order valence-corrected chi connectivity index (χ2v) is 5.72. The summed E-state index contributed by atoms with van der Waals surface area (Å²) < 4.78 is 37.9. The molecule has 0 bridgehead atoms. The number of hydrogen-bond donors (Lipinski definition) is 1. The van der Waals surface area contributed by atoms with Crippen LogP contribution in [0.5, 0.6) is 0 Å². The van der Waals surface area contributed by atoms with Gasteiger partial charge in [-0.3, -0.25) is 0 Å². The summed E-state index contributed by atoms with van der Waals surface area (Å²) in [5.74, 6) is -0.427. The lowest BCUT2D eigenvalue weighted by Crippen LogP contribution is -2.25. The molecule has 1 aromatic rings. The standard InChI is InChI=1S/C10H13ClFNO2S/c1-2-5-16(14,15)13-7-8-3-4-10(12)9(11)6-8/h3-4,6,13H,2,5,7H2,1H3. The Morgan fingerprint density at radius 2 is 2.12 bits per heavy atom. The zero-order chi connectivity index (χ0) is 12.2. The molecule has 1 rings (SSSR count). The summed E-state index contributed by atoms with van der Waals surface area (Å²) in [6.45, 7) is 1.91. The van der Waals surface area contributed by atoms with Crippen LogP contribution < -0.4 is 4.72 Å². The molecule has 0 atom stereocenters. The molecular formula is C10H13ClFNO2S. The van der Waals surface area contributed by atoms with E-state index in [1.54, 1.807) is 6.92 Å². The summed E-state index contributed by atoms with van der Waals surface area (Å²) in [7, 11) is -3.24. The number of hydrogen-bond acceptors (Lipinski definition) is 2. The van der Waals surface area contributed by atoms with Crippen LogP contribution in [0, 0.1) is 5.82 Å². The van der Waals surface area contributed by atoms with Crippen LogP contribution in [-0.2, 0) is 16.6 Å². The molecule has 3 nitrogen and oxygen atoms in total. The minimum Gasteiger partial charge on any atom is -0.212 e. The molecule has 0 heterocycles. The van der Waals surface area contributed by atoms with E-state index >= 15 is 0 Å². The molecule has 0 aromatic heterocycles. The fourth-order valence-electron chi connectivity index (χ4n) is 1.18. The summed E-state index contributed by atoms with van der Waals surface area (Å²) in [6.07, 6.45) is 0.555. The molecule has 0 aliphatic heterocycles. The van der Waals surface area contributed by atoms with Gasteiger partial charge in [0.25, 0.3) is 0 Å². The molecule has 6 heteroatoms. The smallest absolute Gasteiger partial charge is 0.211 e. The lowest BCUT2D eigenvalue weighted by Gasteiger charge is -2.06. The van der Waals surface area contributed by atoms with E-state index in [0.29, 0.717) is 12.0 Å². The first kappa shape index (κ1) is 13.4. The lowest BCUT2D eigenvalue weighted by atomic mass is 10.2. The molecule has 0 aliphatic rings. The Balaban J connectivity index is 2.65. The van der Waals surface area contributed by atoms with Crippen molar-refractivity contribution < 1.29 is 12.8 Å². The predicted molar refractivity (Wildman–Crippen MR) is 62.3 cm³/mol. The van der Waals surface area contributed by atoms with Gasteiger partial charge in [-0.2, -0.15) is 0 Å². The summed E-state index contributed by atoms with van der Waals surface area (Å²) in [4.78, 5) is 0. The first-order chi connectivity index (χ1) is 7.44. The van der Waals surface area contributed by atoms with Crippen molar-refractivity contribution in [2.75, 3.05) is 5.75 Å².